The van der Waals surface area contributed by atoms with Crippen molar-refractivity contribution < 1.29 is 14.8 Å². The highest BCUT2D eigenvalue weighted by Gasteiger charge is 2.08. The molecule has 0 atom stereocenters. The van der Waals surface area contributed by atoms with Gasteiger partial charge in [0.2, 0.25) is 5.91 Å². The Morgan fingerprint density at radius 3 is 2.48 bits per heavy atom. The van der Waals surface area contributed by atoms with Crippen molar-refractivity contribution in [3.63, 3.8) is 0 Å². The summed E-state index contributed by atoms with van der Waals surface area (Å²) in [4.78, 5) is 21.9. The van der Waals surface area contributed by atoms with E-state index >= 15 is 0 Å². The second kappa shape index (κ2) is 7.17. The first-order valence-corrected chi connectivity index (χ1v) is 6.82. The minimum atomic E-state index is -0.496. The Morgan fingerprint density at radius 2 is 1.87 bits per heavy atom. The molecule has 1 amide bonds. The number of nitrogens with zero attached hydrogens (tertiary/aromatic N) is 2. The lowest BCUT2D eigenvalue weighted by molar-refractivity contribution is -0.384. The topological polar surface area (TPSA) is 105 Å². The third-order valence-electron chi connectivity index (χ3n) is 3.15. The fraction of sp³-hybridized carbons (Fsp3) is 0.125. The van der Waals surface area contributed by atoms with Crippen LogP contribution in [-0.2, 0) is 11.2 Å². The van der Waals surface area contributed by atoms with Gasteiger partial charge in [0.15, 0.2) is 0 Å². The predicted octanol–water partition coefficient (Wildman–Crippen LogP) is 2.38. The van der Waals surface area contributed by atoms with Crippen molar-refractivity contribution in [1.29, 1.82) is 0 Å². The van der Waals surface area contributed by atoms with Crippen LogP contribution in [0.5, 0.6) is 5.75 Å². The summed E-state index contributed by atoms with van der Waals surface area (Å²) < 4.78 is 0. The number of amides is 1. The molecule has 7 nitrogen and oxygen atoms in total. The number of hydrazone groups is 1. The summed E-state index contributed by atoms with van der Waals surface area (Å²) in [5.74, 6) is -0.271. The molecule has 0 aliphatic rings. The zero-order valence-corrected chi connectivity index (χ0v) is 12.4. The smallest absolute Gasteiger partial charge is 0.269 e. The van der Waals surface area contributed by atoms with Crippen LogP contribution in [-0.4, -0.2) is 21.6 Å². The number of hydrogen-bond donors (Lipinski definition) is 2. The molecule has 0 saturated heterocycles. The van der Waals surface area contributed by atoms with Crippen LogP contribution in [0.3, 0.4) is 0 Å². The van der Waals surface area contributed by atoms with Crippen LogP contribution < -0.4 is 5.43 Å². The van der Waals surface area contributed by atoms with Crippen LogP contribution in [0, 0.1) is 10.1 Å². The van der Waals surface area contributed by atoms with Gasteiger partial charge in [-0.1, -0.05) is 24.3 Å². The molecule has 7 heteroatoms. The van der Waals surface area contributed by atoms with Crippen molar-refractivity contribution in [1.82, 2.24) is 5.43 Å². The minimum Gasteiger partial charge on any atom is -0.507 e. The SMILES string of the molecule is C/C(=N/NC(=O)Cc1ccc([N+](=O)[O-])cc1)c1ccccc1O. The highest BCUT2D eigenvalue weighted by Crippen LogP contribution is 2.16. The normalized spacial score (nSPS) is 11.1. The van der Waals surface area contributed by atoms with Gasteiger partial charge in [0.25, 0.3) is 5.69 Å². The molecule has 0 unspecified atom stereocenters. The highest BCUT2D eigenvalue weighted by atomic mass is 16.6. The summed E-state index contributed by atoms with van der Waals surface area (Å²) in [6, 6.07) is 12.4. The van der Waals surface area contributed by atoms with Crippen molar-refractivity contribution in [2.45, 2.75) is 13.3 Å². The summed E-state index contributed by atoms with van der Waals surface area (Å²) in [6.45, 7) is 1.67. The van der Waals surface area contributed by atoms with Crippen LogP contribution in [0.4, 0.5) is 5.69 Å². The highest BCUT2D eigenvalue weighted by molar-refractivity contribution is 6.01. The molecule has 0 heterocycles. The van der Waals surface area contributed by atoms with Gasteiger partial charge in [0.1, 0.15) is 5.75 Å². The quantitative estimate of drug-likeness (QED) is 0.502. The number of hydrogen-bond acceptors (Lipinski definition) is 5. The lowest BCUT2D eigenvalue weighted by Crippen LogP contribution is -2.21. The van der Waals surface area contributed by atoms with Crippen LogP contribution in [0.25, 0.3) is 0 Å². The number of para-hydroxylation sites is 1. The first-order chi connectivity index (χ1) is 11.0. The van der Waals surface area contributed by atoms with Gasteiger partial charge in [-0.2, -0.15) is 5.10 Å². The van der Waals surface area contributed by atoms with Crippen molar-refractivity contribution in [2.75, 3.05) is 0 Å². The number of phenolic OH excluding ortho intramolecular Hbond substituents is 1. The molecule has 0 saturated carbocycles. The number of nitro groups is 1. The molecule has 2 aromatic rings. The summed E-state index contributed by atoms with van der Waals surface area (Å²) >= 11 is 0. The van der Waals surface area contributed by atoms with E-state index in [4.69, 9.17) is 0 Å². The first-order valence-electron chi connectivity index (χ1n) is 6.82. The van der Waals surface area contributed by atoms with E-state index in [-0.39, 0.29) is 23.8 Å². The maximum absolute atomic E-state index is 11.8. The zero-order valence-electron chi connectivity index (χ0n) is 12.4. The molecule has 2 aromatic carbocycles. The number of non-ortho nitro benzene ring substituents is 1. The maximum Gasteiger partial charge on any atom is 0.269 e. The van der Waals surface area contributed by atoms with E-state index in [0.29, 0.717) is 16.8 Å². The molecule has 0 bridgehead atoms. The van der Waals surface area contributed by atoms with E-state index in [2.05, 4.69) is 10.5 Å². The molecule has 0 radical (unpaired) electrons. The summed E-state index contributed by atoms with van der Waals surface area (Å²) in [6.07, 6.45) is 0.0511. The first kappa shape index (κ1) is 16.2. The van der Waals surface area contributed by atoms with Crippen molar-refractivity contribution >= 4 is 17.3 Å². The predicted molar refractivity (Wildman–Crippen MR) is 85.3 cm³/mol. The van der Waals surface area contributed by atoms with Crippen molar-refractivity contribution in [3.8, 4) is 5.75 Å². The molecule has 0 aromatic heterocycles. The average molecular weight is 313 g/mol. The van der Waals surface area contributed by atoms with E-state index in [1.54, 1.807) is 25.1 Å². The standard InChI is InChI=1S/C16H15N3O4/c1-11(14-4-2-3-5-15(14)20)17-18-16(21)10-12-6-8-13(9-7-12)19(22)23/h2-9,20H,10H2,1H3,(H,18,21)/b17-11-. The lowest BCUT2D eigenvalue weighted by Gasteiger charge is -2.05. The number of carbonyl (C=O) groups excluding carboxylic acids is 1. The molecule has 0 aliphatic heterocycles. The Balaban J connectivity index is 1.98. The minimum absolute atomic E-state index is 0.0254. The van der Waals surface area contributed by atoms with Gasteiger partial charge in [0.05, 0.1) is 17.1 Å². The Bertz CT molecular complexity index is 754. The van der Waals surface area contributed by atoms with Gasteiger partial charge in [0, 0.05) is 17.7 Å². The monoisotopic (exact) mass is 313 g/mol. The Morgan fingerprint density at radius 1 is 1.22 bits per heavy atom. The van der Waals surface area contributed by atoms with Crippen LogP contribution >= 0.6 is 0 Å². The number of benzene rings is 2. The Labute approximate surface area is 132 Å². The number of rotatable bonds is 5. The fourth-order valence-electron chi connectivity index (χ4n) is 1.95. The summed E-state index contributed by atoms with van der Waals surface area (Å²) in [5, 5.41) is 24.2. The molecule has 23 heavy (non-hydrogen) atoms. The molecule has 0 fully saturated rings. The Hall–Kier alpha value is -3.22. The van der Waals surface area contributed by atoms with Gasteiger partial charge in [-0.15, -0.1) is 0 Å². The summed E-state index contributed by atoms with van der Waals surface area (Å²) in [5.41, 5.74) is 4.02. The van der Waals surface area contributed by atoms with Gasteiger partial charge in [-0.05, 0) is 24.6 Å². The van der Waals surface area contributed by atoms with Gasteiger partial charge >= 0.3 is 0 Å². The second-order valence-electron chi connectivity index (χ2n) is 4.85. The Kier molecular flexibility index (Phi) is 5.03. The molecule has 2 rings (SSSR count). The summed E-state index contributed by atoms with van der Waals surface area (Å²) in [7, 11) is 0. The fourth-order valence-corrected chi connectivity index (χ4v) is 1.95. The molecule has 0 spiro atoms. The van der Waals surface area contributed by atoms with Gasteiger partial charge < -0.3 is 5.11 Å². The molecule has 0 aliphatic carbocycles. The van der Waals surface area contributed by atoms with Crippen LogP contribution in [0.2, 0.25) is 0 Å². The molecular weight excluding hydrogens is 298 g/mol. The number of nitrogens with one attached hydrogen (secondary N) is 1. The van der Waals surface area contributed by atoms with Gasteiger partial charge in [-0.25, -0.2) is 5.43 Å². The number of carbonyl (C=O) groups is 1. The van der Waals surface area contributed by atoms with E-state index in [9.17, 15) is 20.0 Å². The van der Waals surface area contributed by atoms with E-state index in [1.165, 1.54) is 30.3 Å². The van der Waals surface area contributed by atoms with E-state index in [0.717, 1.165) is 0 Å². The van der Waals surface area contributed by atoms with Crippen molar-refractivity contribution in [3.05, 3.63) is 69.8 Å². The number of nitro benzene ring substituents is 1. The molecule has 118 valence electrons. The second-order valence-corrected chi connectivity index (χ2v) is 4.85. The average Bonchev–Trinajstić information content (AvgIpc) is 2.53. The van der Waals surface area contributed by atoms with E-state index < -0.39 is 4.92 Å². The zero-order chi connectivity index (χ0) is 16.8. The maximum atomic E-state index is 11.8. The lowest BCUT2D eigenvalue weighted by atomic mass is 10.1. The van der Waals surface area contributed by atoms with Crippen molar-refractivity contribution in [2.24, 2.45) is 5.10 Å². The van der Waals surface area contributed by atoms with E-state index in [1.807, 2.05) is 0 Å². The molecule has 2 N–H and O–H groups in total. The van der Waals surface area contributed by atoms with Crippen LogP contribution in [0.15, 0.2) is 53.6 Å². The third-order valence-corrected chi connectivity index (χ3v) is 3.15. The third kappa shape index (κ3) is 4.37. The van der Waals surface area contributed by atoms with Crippen LogP contribution in [0.1, 0.15) is 18.1 Å². The number of phenols is 1. The molecular formula is C16H15N3O4. The number of aromatic hydroxyl groups is 1. The van der Waals surface area contributed by atoms with Gasteiger partial charge in [-0.3, -0.25) is 14.9 Å². The largest absolute Gasteiger partial charge is 0.507 e.